The van der Waals surface area contributed by atoms with Crippen LogP contribution in [-0.4, -0.2) is 39.8 Å². The van der Waals surface area contributed by atoms with Crippen molar-refractivity contribution in [3.05, 3.63) is 83.8 Å². The maximum absolute atomic E-state index is 12.8. The zero-order valence-electron chi connectivity index (χ0n) is 18.7. The number of ether oxygens (including phenoxy) is 1. The van der Waals surface area contributed by atoms with Gasteiger partial charge >= 0.3 is 6.18 Å². The molecule has 182 valence electrons. The van der Waals surface area contributed by atoms with Gasteiger partial charge in [0.15, 0.2) is 11.6 Å². The number of rotatable bonds is 6. The van der Waals surface area contributed by atoms with Crippen LogP contribution >= 0.6 is 0 Å². The monoisotopic (exact) mass is 484 g/mol. The lowest BCUT2D eigenvalue weighted by Gasteiger charge is -2.31. The quantitative estimate of drug-likeness (QED) is 0.554. The minimum absolute atomic E-state index is 0.186. The van der Waals surface area contributed by atoms with E-state index in [0.717, 1.165) is 17.7 Å². The van der Waals surface area contributed by atoms with Gasteiger partial charge in [-0.3, -0.25) is 14.6 Å². The highest BCUT2D eigenvalue weighted by Gasteiger charge is 2.31. The van der Waals surface area contributed by atoms with E-state index in [4.69, 9.17) is 4.74 Å². The number of aromatic nitrogens is 2. The number of benzene rings is 1. The maximum atomic E-state index is 12.8. The number of nitrogens with zero attached hydrogens (tertiary/aromatic N) is 3. The Bertz CT molecular complexity index is 1160. The molecule has 0 aliphatic carbocycles. The Morgan fingerprint density at radius 1 is 1.00 bits per heavy atom. The summed E-state index contributed by atoms with van der Waals surface area (Å²) in [4.78, 5) is 35.3. The van der Waals surface area contributed by atoms with E-state index in [9.17, 15) is 22.8 Å². The minimum Gasteiger partial charge on any atom is -0.485 e. The molecular formula is C25H23F3N4O3. The molecule has 35 heavy (non-hydrogen) atoms. The molecule has 10 heteroatoms. The zero-order valence-corrected chi connectivity index (χ0v) is 18.7. The van der Waals surface area contributed by atoms with Crippen LogP contribution in [-0.2, 0) is 17.6 Å². The summed E-state index contributed by atoms with van der Waals surface area (Å²) >= 11 is 0. The second-order valence-electron chi connectivity index (χ2n) is 8.13. The van der Waals surface area contributed by atoms with Crippen LogP contribution < -0.4 is 10.1 Å². The lowest BCUT2D eigenvalue weighted by molar-refractivity contribution is -0.137. The predicted octanol–water partition coefficient (Wildman–Crippen LogP) is 4.57. The first-order valence-corrected chi connectivity index (χ1v) is 11.1. The molecule has 1 aromatic carbocycles. The molecule has 2 aromatic heterocycles. The van der Waals surface area contributed by atoms with Crippen molar-refractivity contribution in [1.82, 2.24) is 14.9 Å². The van der Waals surface area contributed by atoms with Crippen molar-refractivity contribution in [2.75, 3.05) is 18.4 Å². The molecule has 1 aliphatic heterocycles. The number of alkyl halides is 3. The van der Waals surface area contributed by atoms with Crippen LogP contribution in [0.4, 0.5) is 19.0 Å². The van der Waals surface area contributed by atoms with Crippen LogP contribution in [0, 0.1) is 5.92 Å². The summed E-state index contributed by atoms with van der Waals surface area (Å²) in [7, 11) is 0. The molecule has 1 saturated heterocycles. The third-order valence-electron chi connectivity index (χ3n) is 5.77. The highest BCUT2D eigenvalue weighted by atomic mass is 19.4. The van der Waals surface area contributed by atoms with E-state index < -0.39 is 11.7 Å². The number of nitrogens with one attached hydrogen (secondary N) is 1. The van der Waals surface area contributed by atoms with Gasteiger partial charge in [0.1, 0.15) is 6.61 Å². The molecule has 0 spiro atoms. The molecule has 4 rings (SSSR count). The third kappa shape index (κ3) is 6.14. The van der Waals surface area contributed by atoms with Gasteiger partial charge in [-0.1, -0.05) is 0 Å². The largest absolute Gasteiger partial charge is 0.485 e. The van der Waals surface area contributed by atoms with Crippen molar-refractivity contribution in [2.24, 2.45) is 5.92 Å². The predicted molar refractivity (Wildman–Crippen MR) is 122 cm³/mol. The number of pyridine rings is 2. The molecule has 0 radical (unpaired) electrons. The van der Waals surface area contributed by atoms with Crippen LogP contribution in [0.2, 0.25) is 0 Å². The molecule has 1 fully saturated rings. The number of amides is 2. The van der Waals surface area contributed by atoms with Gasteiger partial charge in [0.2, 0.25) is 5.91 Å². The SMILES string of the molecule is O=C(Nc1ncccc1OCc1ccncc1)C1CCN(C(=O)c2ccc(C(F)(F)F)cc2)CC1. The summed E-state index contributed by atoms with van der Waals surface area (Å²) in [6.45, 7) is 0.943. The standard InChI is InChI=1S/C25H23F3N4O3/c26-25(27,28)20-5-3-19(4-6-20)24(34)32-14-9-18(10-15-32)23(33)31-22-21(2-1-11-30-22)35-16-17-7-12-29-13-8-17/h1-8,11-13,18H,9-10,14-16H2,(H,30,31,33). The Hall–Kier alpha value is -3.95. The van der Waals surface area contributed by atoms with E-state index in [1.165, 1.54) is 12.1 Å². The van der Waals surface area contributed by atoms with Crippen LogP contribution in [0.3, 0.4) is 0 Å². The summed E-state index contributed by atoms with van der Waals surface area (Å²) in [6.07, 6.45) is 1.29. The summed E-state index contributed by atoms with van der Waals surface area (Å²) in [5, 5.41) is 2.82. The number of anilines is 1. The first-order valence-electron chi connectivity index (χ1n) is 11.1. The average molecular weight is 484 g/mol. The smallest absolute Gasteiger partial charge is 0.416 e. The maximum Gasteiger partial charge on any atom is 0.416 e. The molecular weight excluding hydrogens is 461 g/mol. The van der Waals surface area contributed by atoms with Gasteiger partial charge in [0.05, 0.1) is 5.56 Å². The van der Waals surface area contributed by atoms with Gasteiger partial charge in [0, 0.05) is 43.2 Å². The van der Waals surface area contributed by atoms with Crippen LogP contribution in [0.25, 0.3) is 0 Å². The molecule has 0 atom stereocenters. The van der Waals surface area contributed by atoms with Crippen LogP contribution in [0.1, 0.15) is 34.3 Å². The number of hydrogen-bond donors (Lipinski definition) is 1. The van der Waals surface area contributed by atoms with E-state index in [1.54, 1.807) is 35.6 Å². The number of carbonyl (C=O) groups excluding carboxylic acids is 2. The van der Waals surface area contributed by atoms with Gasteiger partial charge in [-0.15, -0.1) is 0 Å². The fourth-order valence-electron chi connectivity index (χ4n) is 3.79. The van der Waals surface area contributed by atoms with E-state index in [2.05, 4.69) is 15.3 Å². The second kappa shape index (κ2) is 10.5. The number of halogens is 3. The van der Waals surface area contributed by atoms with Gasteiger partial charge < -0.3 is 15.0 Å². The second-order valence-corrected chi connectivity index (χ2v) is 8.13. The van der Waals surface area contributed by atoms with E-state index in [0.29, 0.717) is 44.1 Å². The van der Waals surface area contributed by atoms with Crippen LogP contribution in [0.15, 0.2) is 67.1 Å². The third-order valence-corrected chi connectivity index (χ3v) is 5.77. The topological polar surface area (TPSA) is 84.4 Å². The van der Waals surface area contributed by atoms with Gasteiger partial charge in [-0.2, -0.15) is 13.2 Å². The summed E-state index contributed by atoms with van der Waals surface area (Å²) in [6, 6.07) is 11.2. The van der Waals surface area contributed by atoms with Gasteiger partial charge in [-0.25, -0.2) is 4.98 Å². The molecule has 1 aliphatic rings. The lowest BCUT2D eigenvalue weighted by Crippen LogP contribution is -2.41. The number of carbonyl (C=O) groups is 2. The Labute approximate surface area is 200 Å². The van der Waals surface area contributed by atoms with Crippen molar-refractivity contribution in [2.45, 2.75) is 25.6 Å². The van der Waals surface area contributed by atoms with E-state index in [1.807, 2.05) is 12.1 Å². The first kappa shape index (κ1) is 24.2. The average Bonchev–Trinajstić information content (AvgIpc) is 2.88. The highest BCUT2D eigenvalue weighted by Crippen LogP contribution is 2.30. The molecule has 1 N–H and O–H groups in total. The fraction of sp³-hybridized carbons (Fsp3) is 0.280. The fourth-order valence-corrected chi connectivity index (χ4v) is 3.79. The number of piperidine rings is 1. The van der Waals surface area contributed by atoms with Gasteiger partial charge in [-0.05, 0) is 66.9 Å². The number of hydrogen-bond acceptors (Lipinski definition) is 5. The molecule has 3 heterocycles. The number of likely N-dealkylation sites (tertiary alicyclic amines) is 1. The van der Waals surface area contributed by atoms with Crippen molar-refractivity contribution < 1.29 is 27.5 Å². The highest BCUT2D eigenvalue weighted by molar-refractivity contribution is 5.95. The summed E-state index contributed by atoms with van der Waals surface area (Å²) < 4.78 is 44.1. The normalized spacial score (nSPS) is 14.4. The zero-order chi connectivity index (χ0) is 24.8. The summed E-state index contributed by atoms with van der Waals surface area (Å²) in [5.74, 6) is -0.155. The van der Waals surface area contributed by atoms with Crippen molar-refractivity contribution in [3.63, 3.8) is 0 Å². The molecule has 0 saturated carbocycles. The molecule has 7 nitrogen and oxygen atoms in total. The van der Waals surface area contributed by atoms with Crippen molar-refractivity contribution in [3.8, 4) is 5.75 Å². The Kier molecular flexibility index (Phi) is 7.28. The van der Waals surface area contributed by atoms with Gasteiger partial charge in [0.25, 0.3) is 5.91 Å². The first-order chi connectivity index (χ1) is 16.8. The molecule has 3 aromatic rings. The molecule has 0 unspecified atom stereocenters. The molecule has 0 bridgehead atoms. The lowest BCUT2D eigenvalue weighted by atomic mass is 9.95. The Balaban J connectivity index is 1.31. The van der Waals surface area contributed by atoms with E-state index >= 15 is 0 Å². The molecule has 2 amide bonds. The Morgan fingerprint density at radius 2 is 1.69 bits per heavy atom. The Morgan fingerprint density at radius 3 is 2.34 bits per heavy atom. The van der Waals surface area contributed by atoms with E-state index in [-0.39, 0.29) is 23.3 Å². The van der Waals surface area contributed by atoms with Crippen LogP contribution in [0.5, 0.6) is 5.75 Å². The van der Waals surface area contributed by atoms with Crippen molar-refractivity contribution >= 4 is 17.6 Å². The summed E-state index contributed by atoms with van der Waals surface area (Å²) in [5.41, 5.74) is 0.305. The van der Waals surface area contributed by atoms with Crippen molar-refractivity contribution in [1.29, 1.82) is 0 Å². The minimum atomic E-state index is -4.45.